The van der Waals surface area contributed by atoms with Crippen molar-refractivity contribution in [1.29, 1.82) is 0 Å². The molecular formula is C22H21NO4. The van der Waals surface area contributed by atoms with Gasteiger partial charge in [0.25, 0.3) is 0 Å². The number of carbonyl (C=O) groups is 1. The first kappa shape index (κ1) is 18.3. The van der Waals surface area contributed by atoms with E-state index in [0.29, 0.717) is 17.2 Å². The van der Waals surface area contributed by atoms with Gasteiger partial charge >= 0.3 is 6.09 Å². The third kappa shape index (κ3) is 4.58. The second-order valence-electron chi connectivity index (χ2n) is 6.10. The maximum atomic E-state index is 12.9. The Balaban J connectivity index is 1.87. The Morgan fingerprint density at radius 3 is 2.19 bits per heavy atom. The van der Waals surface area contributed by atoms with Gasteiger partial charge in [0.2, 0.25) is 0 Å². The molecule has 3 aromatic carbocycles. The van der Waals surface area contributed by atoms with E-state index in [4.69, 9.17) is 9.47 Å². The minimum Gasteiger partial charge on any atom is -0.506 e. The fourth-order valence-electron chi connectivity index (χ4n) is 2.62. The van der Waals surface area contributed by atoms with Gasteiger partial charge in [0.15, 0.2) is 0 Å². The molecule has 0 heterocycles. The molecule has 3 rings (SSSR count). The van der Waals surface area contributed by atoms with Gasteiger partial charge in [-0.2, -0.15) is 0 Å². The average molecular weight is 363 g/mol. The van der Waals surface area contributed by atoms with Crippen LogP contribution in [0.4, 0.5) is 10.5 Å². The number of nitrogens with zero attached hydrogens (tertiary/aromatic N) is 1. The summed E-state index contributed by atoms with van der Waals surface area (Å²) in [4.78, 5) is 14.3. The van der Waals surface area contributed by atoms with Crippen LogP contribution in [0.25, 0.3) is 0 Å². The largest absolute Gasteiger partial charge is 0.506 e. The molecule has 1 amide bonds. The van der Waals surface area contributed by atoms with Gasteiger partial charge < -0.3 is 14.6 Å². The van der Waals surface area contributed by atoms with Crippen molar-refractivity contribution < 1.29 is 19.4 Å². The molecule has 5 heteroatoms. The predicted octanol–water partition coefficient (Wildman–Crippen LogP) is 4.91. The molecule has 3 aromatic rings. The maximum Gasteiger partial charge on any atom is 0.420 e. The lowest BCUT2D eigenvalue weighted by Gasteiger charge is -2.23. The smallest absolute Gasteiger partial charge is 0.420 e. The number of anilines is 1. The minimum atomic E-state index is -0.581. The highest BCUT2D eigenvalue weighted by Gasteiger charge is 2.21. The Morgan fingerprint density at radius 1 is 0.926 bits per heavy atom. The van der Waals surface area contributed by atoms with E-state index in [-0.39, 0.29) is 12.3 Å². The number of ether oxygens (including phenoxy) is 2. The first-order valence-electron chi connectivity index (χ1n) is 8.54. The van der Waals surface area contributed by atoms with Crippen molar-refractivity contribution in [2.24, 2.45) is 0 Å². The van der Waals surface area contributed by atoms with E-state index in [2.05, 4.69) is 0 Å². The second kappa shape index (κ2) is 8.27. The fraction of sp³-hybridized carbons (Fsp3) is 0.136. The number of methoxy groups -OCH3 is 1. The summed E-state index contributed by atoms with van der Waals surface area (Å²) in [6, 6.07) is 21.3. The van der Waals surface area contributed by atoms with Crippen LogP contribution in [-0.2, 0) is 6.54 Å². The van der Waals surface area contributed by atoms with Crippen LogP contribution in [0, 0.1) is 6.92 Å². The summed E-state index contributed by atoms with van der Waals surface area (Å²) >= 11 is 0. The van der Waals surface area contributed by atoms with Gasteiger partial charge in [-0.1, -0.05) is 42.0 Å². The minimum absolute atomic E-state index is 0.0105. The molecule has 0 fully saturated rings. The Labute approximate surface area is 158 Å². The molecule has 138 valence electrons. The van der Waals surface area contributed by atoms with Gasteiger partial charge in [0.1, 0.15) is 17.2 Å². The first-order chi connectivity index (χ1) is 13.1. The molecule has 0 spiro atoms. The highest BCUT2D eigenvalue weighted by atomic mass is 16.6. The lowest BCUT2D eigenvalue weighted by molar-refractivity contribution is 0.207. The molecule has 0 bridgehead atoms. The molecule has 0 saturated carbocycles. The number of aryl methyl sites for hydroxylation is 1. The molecule has 0 aliphatic carbocycles. The number of hydrogen-bond donors (Lipinski definition) is 1. The van der Waals surface area contributed by atoms with E-state index in [1.54, 1.807) is 49.6 Å². The standard InChI is InChI=1S/C22H21NO4/c1-16-7-9-17(10-8-16)15-23(20-5-3-4-6-21(20)24)22(25)27-19-13-11-18(26-2)12-14-19/h3-14,24H,15H2,1-2H3. The van der Waals surface area contributed by atoms with Crippen molar-refractivity contribution in [3.8, 4) is 17.2 Å². The van der Waals surface area contributed by atoms with Crippen LogP contribution in [0.15, 0.2) is 72.8 Å². The van der Waals surface area contributed by atoms with Gasteiger partial charge in [-0.25, -0.2) is 4.79 Å². The van der Waals surface area contributed by atoms with Gasteiger partial charge in [0, 0.05) is 0 Å². The first-order valence-corrected chi connectivity index (χ1v) is 8.54. The summed E-state index contributed by atoms with van der Waals surface area (Å²) in [5, 5.41) is 10.2. The summed E-state index contributed by atoms with van der Waals surface area (Å²) < 4.78 is 10.6. The van der Waals surface area contributed by atoms with Gasteiger partial charge in [-0.05, 0) is 48.9 Å². The van der Waals surface area contributed by atoms with E-state index in [1.165, 1.54) is 11.0 Å². The molecule has 0 atom stereocenters. The molecule has 5 nitrogen and oxygen atoms in total. The van der Waals surface area contributed by atoms with E-state index in [0.717, 1.165) is 11.1 Å². The molecular weight excluding hydrogens is 342 g/mol. The van der Waals surface area contributed by atoms with Gasteiger partial charge in [-0.15, -0.1) is 0 Å². The molecule has 27 heavy (non-hydrogen) atoms. The number of aromatic hydroxyl groups is 1. The highest BCUT2D eigenvalue weighted by molar-refractivity contribution is 5.90. The zero-order valence-corrected chi connectivity index (χ0v) is 15.3. The highest BCUT2D eigenvalue weighted by Crippen LogP contribution is 2.29. The predicted molar refractivity (Wildman–Crippen MR) is 104 cm³/mol. The van der Waals surface area contributed by atoms with E-state index < -0.39 is 6.09 Å². The summed E-state index contributed by atoms with van der Waals surface area (Å²) in [5.74, 6) is 1.08. The zero-order valence-electron chi connectivity index (χ0n) is 15.3. The molecule has 1 N–H and O–H groups in total. The van der Waals surface area contributed by atoms with Crippen LogP contribution >= 0.6 is 0 Å². The molecule has 0 radical (unpaired) electrons. The zero-order chi connectivity index (χ0) is 19.2. The lowest BCUT2D eigenvalue weighted by Crippen LogP contribution is -2.33. The molecule has 0 aromatic heterocycles. The topological polar surface area (TPSA) is 59.0 Å². The second-order valence-corrected chi connectivity index (χ2v) is 6.10. The SMILES string of the molecule is COc1ccc(OC(=O)N(Cc2ccc(C)cc2)c2ccccc2O)cc1. The summed E-state index contributed by atoms with van der Waals surface area (Å²) in [5.41, 5.74) is 2.45. The number of phenolic OH excluding ortho intramolecular Hbond substituents is 1. The van der Waals surface area contributed by atoms with Crippen molar-refractivity contribution in [3.63, 3.8) is 0 Å². The molecule has 0 saturated heterocycles. The van der Waals surface area contributed by atoms with Crippen LogP contribution in [0.2, 0.25) is 0 Å². The molecule has 0 unspecified atom stereocenters. The normalized spacial score (nSPS) is 10.3. The van der Waals surface area contributed by atoms with Crippen molar-refractivity contribution in [2.45, 2.75) is 13.5 Å². The summed E-state index contributed by atoms with van der Waals surface area (Å²) in [6.45, 7) is 2.27. The number of rotatable bonds is 5. The van der Waals surface area contributed by atoms with Crippen molar-refractivity contribution in [1.82, 2.24) is 0 Å². The van der Waals surface area contributed by atoms with Gasteiger partial charge in [0.05, 0.1) is 19.3 Å². The van der Waals surface area contributed by atoms with E-state index in [1.807, 2.05) is 31.2 Å². The quantitative estimate of drug-likeness (QED) is 0.699. The number of hydrogen-bond acceptors (Lipinski definition) is 4. The third-order valence-corrected chi connectivity index (χ3v) is 4.12. The van der Waals surface area contributed by atoms with Crippen LogP contribution in [0.1, 0.15) is 11.1 Å². The van der Waals surface area contributed by atoms with Gasteiger partial charge in [-0.3, -0.25) is 4.90 Å². The summed E-state index contributed by atoms with van der Waals surface area (Å²) in [7, 11) is 1.57. The van der Waals surface area contributed by atoms with Crippen molar-refractivity contribution in [3.05, 3.63) is 83.9 Å². The number of benzene rings is 3. The van der Waals surface area contributed by atoms with Crippen LogP contribution < -0.4 is 14.4 Å². The van der Waals surface area contributed by atoms with Crippen molar-refractivity contribution in [2.75, 3.05) is 12.0 Å². The average Bonchev–Trinajstić information content (AvgIpc) is 2.69. The van der Waals surface area contributed by atoms with Crippen LogP contribution in [-0.4, -0.2) is 18.3 Å². The van der Waals surface area contributed by atoms with Crippen LogP contribution in [0.5, 0.6) is 17.2 Å². The lowest BCUT2D eigenvalue weighted by atomic mass is 10.1. The van der Waals surface area contributed by atoms with Crippen molar-refractivity contribution >= 4 is 11.8 Å². The number of para-hydroxylation sites is 2. The summed E-state index contributed by atoms with van der Waals surface area (Å²) in [6.07, 6.45) is -0.581. The Hall–Kier alpha value is -3.47. The Kier molecular flexibility index (Phi) is 5.61. The Morgan fingerprint density at radius 2 is 1.56 bits per heavy atom. The van der Waals surface area contributed by atoms with E-state index >= 15 is 0 Å². The number of amides is 1. The Bertz CT molecular complexity index is 904. The monoisotopic (exact) mass is 363 g/mol. The van der Waals surface area contributed by atoms with E-state index in [9.17, 15) is 9.90 Å². The fourth-order valence-corrected chi connectivity index (χ4v) is 2.62. The molecule has 0 aliphatic heterocycles. The number of carbonyl (C=O) groups excluding carboxylic acids is 1. The third-order valence-electron chi connectivity index (χ3n) is 4.12. The number of phenols is 1. The van der Waals surface area contributed by atoms with Crippen LogP contribution in [0.3, 0.4) is 0 Å². The molecule has 0 aliphatic rings. The maximum absolute atomic E-state index is 12.9.